The second kappa shape index (κ2) is 8.80. The van der Waals surface area contributed by atoms with Crippen LogP contribution in [-0.2, 0) is 6.54 Å². The van der Waals surface area contributed by atoms with Crippen LogP contribution >= 0.6 is 11.8 Å². The molecule has 0 bridgehead atoms. The molecule has 3 N–H and O–H groups in total. The maximum absolute atomic E-state index is 12.7. The van der Waals surface area contributed by atoms with E-state index in [0.717, 1.165) is 26.6 Å². The molecule has 1 aliphatic heterocycles. The molecule has 2 heterocycles. The van der Waals surface area contributed by atoms with Gasteiger partial charge in [0, 0.05) is 33.7 Å². The Kier molecular flexibility index (Phi) is 5.54. The van der Waals surface area contributed by atoms with E-state index in [9.17, 15) is 14.7 Å². The highest BCUT2D eigenvalue weighted by Gasteiger charge is 2.20. The predicted octanol–water partition coefficient (Wildman–Crippen LogP) is 5.10. The largest absolute Gasteiger partial charge is 0.508 e. The van der Waals surface area contributed by atoms with Gasteiger partial charge in [-0.25, -0.2) is 0 Å². The molecule has 0 radical (unpaired) electrons. The summed E-state index contributed by atoms with van der Waals surface area (Å²) >= 11 is 1.50. The van der Waals surface area contributed by atoms with Crippen LogP contribution in [0.2, 0.25) is 0 Å². The van der Waals surface area contributed by atoms with E-state index in [4.69, 9.17) is 0 Å². The number of aromatic hydroxyl groups is 1. The van der Waals surface area contributed by atoms with Crippen LogP contribution in [0.15, 0.2) is 94.9 Å². The van der Waals surface area contributed by atoms with Gasteiger partial charge in [0.2, 0.25) is 0 Å². The number of pyridine rings is 1. The van der Waals surface area contributed by atoms with Crippen molar-refractivity contribution in [3.8, 4) is 17.0 Å². The molecule has 7 heteroatoms. The Morgan fingerprint density at radius 1 is 0.970 bits per heavy atom. The lowest BCUT2D eigenvalue weighted by Crippen LogP contribution is -2.23. The molecule has 33 heavy (non-hydrogen) atoms. The molecule has 3 aromatic carbocycles. The number of nitrogens with one attached hydrogen (secondary N) is 2. The van der Waals surface area contributed by atoms with Crippen molar-refractivity contribution < 1.29 is 14.7 Å². The summed E-state index contributed by atoms with van der Waals surface area (Å²) in [7, 11) is 0. The monoisotopic (exact) mass is 453 g/mol. The van der Waals surface area contributed by atoms with E-state index >= 15 is 0 Å². The Morgan fingerprint density at radius 2 is 1.79 bits per heavy atom. The maximum atomic E-state index is 12.7. The van der Waals surface area contributed by atoms with Gasteiger partial charge in [-0.2, -0.15) is 0 Å². The number of phenolic OH excluding ortho intramolecular Hbond substituents is 1. The normalized spacial score (nSPS) is 12.2. The van der Waals surface area contributed by atoms with Crippen molar-refractivity contribution in [3.05, 3.63) is 102 Å². The van der Waals surface area contributed by atoms with Crippen LogP contribution in [0, 0.1) is 0 Å². The van der Waals surface area contributed by atoms with Gasteiger partial charge in [-0.05, 0) is 66.2 Å². The zero-order valence-electron chi connectivity index (χ0n) is 17.4. The average Bonchev–Trinajstić information content (AvgIpc) is 2.98. The summed E-state index contributed by atoms with van der Waals surface area (Å²) in [6.45, 7) is 0.325. The highest BCUT2D eigenvalue weighted by atomic mass is 32.2. The topological polar surface area (TPSA) is 91.3 Å². The van der Waals surface area contributed by atoms with Gasteiger partial charge in [-0.15, -0.1) is 0 Å². The first-order chi connectivity index (χ1) is 16.1. The lowest BCUT2D eigenvalue weighted by Gasteiger charge is -2.10. The number of phenols is 1. The average molecular weight is 454 g/mol. The van der Waals surface area contributed by atoms with Gasteiger partial charge >= 0.3 is 0 Å². The molecule has 0 fully saturated rings. The number of anilines is 1. The molecular formula is C26H19N3O3S. The number of carbonyl (C=O) groups excluding carboxylic acids is 2. The standard InChI is InChI=1S/C26H19N3O3S/c30-19-9-6-17(7-10-19)21-11-5-16(14-27-21)15-28-25(31)18-8-12-24-22(13-18)29-26(32)20-3-1-2-4-23(20)33-24/h1-14,30H,15H2,(H,28,31)(H,29,32). The number of benzene rings is 3. The van der Waals surface area contributed by atoms with Gasteiger partial charge in [0.15, 0.2) is 0 Å². The second-order valence-electron chi connectivity index (χ2n) is 7.54. The number of nitrogens with zero attached hydrogens (tertiary/aromatic N) is 1. The summed E-state index contributed by atoms with van der Waals surface area (Å²) in [6, 6.07) is 23.4. The number of hydrogen-bond acceptors (Lipinski definition) is 5. The molecule has 0 saturated heterocycles. The minimum Gasteiger partial charge on any atom is -0.508 e. The molecule has 4 aromatic rings. The third kappa shape index (κ3) is 4.44. The number of fused-ring (bicyclic) bond motifs is 2. The van der Waals surface area contributed by atoms with Gasteiger partial charge in [-0.1, -0.05) is 30.0 Å². The number of aromatic nitrogens is 1. The highest BCUT2D eigenvalue weighted by molar-refractivity contribution is 7.99. The molecule has 0 spiro atoms. The summed E-state index contributed by atoms with van der Waals surface area (Å²) < 4.78 is 0. The van der Waals surface area contributed by atoms with Crippen LogP contribution in [0.25, 0.3) is 11.3 Å². The molecule has 0 atom stereocenters. The van der Waals surface area contributed by atoms with Gasteiger partial charge in [0.05, 0.1) is 16.9 Å². The first-order valence-electron chi connectivity index (χ1n) is 10.3. The van der Waals surface area contributed by atoms with Crippen LogP contribution in [0.5, 0.6) is 5.75 Å². The maximum Gasteiger partial charge on any atom is 0.256 e. The SMILES string of the molecule is O=C(NCc1ccc(-c2ccc(O)cc2)nc1)c1ccc2c(c1)NC(=O)c1ccccc1S2. The molecule has 0 unspecified atom stereocenters. The highest BCUT2D eigenvalue weighted by Crippen LogP contribution is 2.39. The van der Waals surface area contributed by atoms with E-state index in [2.05, 4.69) is 15.6 Å². The first-order valence-corrected chi connectivity index (χ1v) is 11.1. The van der Waals surface area contributed by atoms with Crippen molar-refractivity contribution in [3.63, 3.8) is 0 Å². The molecule has 1 aliphatic rings. The van der Waals surface area contributed by atoms with E-state index < -0.39 is 0 Å². The summed E-state index contributed by atoms with van der Waals surface area (Å²) in [5, 5.41) is 15.2. The van der Waals surface area contributed by atoms with E-state index in [1.165, 1.54) is 11.8 Å². The van der Waals surface area contributed by atoms with Gasteiger partial charge in [0.25, 0.3) is 11.8 Å². The zero-order valence-corrected chi connectivity index (χ0v) is 18.2. The molecular weight excluding hydrogens is 434 g/mol. The molecule has 0 saturated carbocycles. The summed E-state index contributed by atoms with van der Waals surface area (Å²) in [6.07, 6.45) is 1.72. The van der Waals surface area contributed by atoms with E-state index in [1.807, 2.05) is 36.4 Å². The minimum absolute atomic E-state index is 0.186. The van der Waals surface area contributed by atoms with E-state index in [1.54, 1.807) is 48.7 Å². The van der Waals surface area contributed by atoms with Gasteiger partial charge in [0.1, 0.15) is 5.75 Å². The molecule has 162 valence electrons. The minimum atomic E-state index is -0.235. The summed E-state index contributed by atoms with van der Waals surface area (Å²) in [4.78, 5) is 31.5. The molecule has 1 aromatic heterocycles. The molecule has 6 nitrogen and oxygen atoms in total. The van der Waals surface area contributed by atoms with E-state index in [-0.39, 0.29) is 17.6 Å². The number of hydrogen-bond donors (Lipinski definition) is 3. The predicted molar refractivity (Wildman–Crippen MR) is 127 cm³/mol. The van der Waals surface area contributed by atoms with Crippen molar-refractivity contribution in [2.24, 2.45) is 0 Å². The molecule has 2 amide bonds. The summed E-state index contributed by atoms with van der Waals surface area (Å²) in [5.41, 5.74) is 4.25. The second-order valence-corrected chi connectivity index (χ2v) is 8.63. The Bertz CT molecular complexity index is 1350. The van der Waals surface area contributed by atoms with Crippen molar-refractivity contribution in [2.45, 2.75) is 16.3 Å². The Hall–Kier alpha value is -4.10. The quantitative estimate of drug-likeness (QED) is 0.400. The van der Waals surface area contributed by atoms with Gasteiger partial charge < -0.3 is 15.7 Å². The lowest BCUT2D eigenvalue weighted by atomic mass is 10.1. The van der Waals surface area contributed by atoms with Crippen LogP contribution < -0.4 is 10.6 Å². The first kappa shape index (κ1) is 20.8. The fourth-order valence-electron chi connectivity index (χ4n) is 3.53. The third-order valence-corrected chi connectivity index (χ3v) is 6.43. The lowest BCUT2D eigenvalue weighted by molar-refractivity contribution is 0.0949. The van der Waals surface area contributed by atoms with Crippen molar-refractivity contribution in [1.29, 1.82) is 0 Å². The number of amides is 2. The van der Waals surface area contributed by atoms with E-state index in [0.29, 0.717) is 23.4 Å². The van der Waals surface area contributed by atoms with Crippen LogP contribution in [0.4, 0.5) is 5.69 Å². The van der Waals surface area contributed by atoms with Gasteiger partial charge in [-0.3, -0.25) is 14.6 Å². The molecule has 0 aliphatic carbocycles. The van der Waals surface area contributed by atoms with Crippen LogP contribution in [0.1, 0.15) is 26.3 Å². The van der Waals surface area contributed by atoms with Crippen molar-refractivity contribution in [2.75, 3.05) is 5.32 Å². The van der Waals surface area contributed by atoms with Crippen molar-refractivity contribution in [1.82, 2.24) is 10.3 Å². The fourth-order valence-corrected chi connectivity index (χ4v) is 4.54. The fraction of sp³-hybridized carbons (Fsp3) is 0.0385. The number of carbonyl (C=O) groups is 2. The Balaban J connectivity index is 1.27. The van der Waals surface area contributed by atoms with Crippen molar-refractivity contribution >= 4 is 29.3 Å². The molecule has 5 rings (SSSR count). The Morgan fingerprint density at radius 3 is 2.58 bits per heavy atom. The Labute approximate surface area is 194 Å². The zero-order chi connectivity index (χ0) is 22.8. The number of rotatable bonds is 4. The van der Waals surface area contributed by atoms with Crippen LogP contribution in [-0.4, -0.2) is 21.9 Å². The smallest absolute Gasteiger partial charge is 0.256 e. The third-order valence-electron chi connectivity index (χ3n) is 5.28. The summed E-state index contributed by atoms with van der Waals surface area (Å²) in [5.74, 6) is -0.214. The van der Waals surface area contributed by atoms with Crippen LogP contribution in [0.3, 0.4) is 0 Å².